The maximum Gasteiger partial charge on any atom is 0.408 e. The average Bonchev–Trinajstić information content (AvgIpc) is 3.01. The number of alkyl carbamates (subject to hydrolysis) is 1. The molecule has 1 aliphatic rings. The Morgan fingerprint density at radius 1 is 1.07 bits per heavy atom. The maximum absolute atomic E-state index is 12.7. The van der Waals surface area contributed by atoms with E-state index in [1.807, 2.05) is 34.6 Å². The SMILES string of the molecule is CN=C(NCC(C)(C)NC(=O)OC(C)(C)C)NCC1(C(=O)N(C)C)CCCC1. The summed E-state index contributed by atoms with van der Waals surface area (Å²) in [5.41, 5.74) is -1.45. The number of nitrogens with zero attached hydrogens (tertiary/aromatic N) is 2. The third kappa shape index (κ3) is 7.56. The van der Waals surface area contributed by atoms with Crippen molar-refractivity contribution in [2.24, 2.45) is 10.4 Å². The molecule has 1 aliphatic carbocycles. The summed E-state index contributed by atoms with van der Waals surface area (Å²) in [5.74, 6) is 0.775. The molecule has 1 rings (SSSR count). The van der Waals surface area contributed by atoms with Crippen LogP contribution in [-0.2, 0) is 9.53 Å². The first kappa shape index (κ1) is 24.0. The molecule has 0 bridgehead atoms. The number of amides is 2. The van der Waals surface area contributed by atoms with E-state index in [4.69, 9.17) is 4.74 Å². The molecule has 1 fully saturated rings. The highest BCUT2D eigenvalue weighted by atomic mass is 16.6. The van der Waals surface area contributed by atoms with Crippen LogP contribution in [0.15, 0.2) is 4.99 Å². The quantitative estimate of drug-likeness (QED) is 0.471. The molecule has 0 aromatic heterocycles. The summed E-state index contributed by atoms with van der Waals surface area (Å²) >= 11 is 0. The van der Waals surface area contributed by atoms with Crippen LogP contribution < -0.4 is 16.0 Å². The lowest BCUT2D eigenvalue weighted by Crippen LogP contribution is -2.55. The number of carbonyl (C=O) groups is 2. The van der Waals surface area contributed by atoms with Crippen LogP contribution in [-0.4, -0.2) is 68.2 Å². The van der Waals surface area contributed by atoms with Crippen molar-refractivity contribution in [1.82, 2.24) is 20.9 Å². The molecule has 162 valence electrons. The van der Waals surface area contributed by atoms with Gasteiger partial charge in [-0.15, -0.1) is 0 Å². The minimum atomic E-state index is -0.542. The van der Waals surface area contributed by atoms with Gasteiger partial charge in [0, 0.05) is 34.2 Å². The Balaban J connectivity index is 2.60. The van der Waals surface area contributed by atoms with Gasteiger partial charge in [-0.3, -0.25) is 9.79 Å². The third-order valence-electron chi connectivity index (χ3n) is 4.78. The molecule has 8 nitrogen and oxygen atoms in total. The minimum absolute atomic E-state index is 0.167. The summed E-state index contributed by atoms with van der Waals surface area (Å²) in [6.07, 6.45) is 3.46. The summed E-state index contributed by atoms with van der Waals surface area (Å²) in [5, 5.41) is 9.39. The largest absolute Gasteiger partial charge is 0.444 e. The minimum Gasteiger partial charge on any atom is -0.444 e. The fourth-order valence-electron chi connectivity index (χ4n) is 3.39. The first-order valence-electron chi connectivity index (χ1n) is 9.98. The van der Waals surface area contributed by atoms with Crippen LogP contribution in [0, 0.1) is 5.41 Å². The second-order valence-corrected chi connectivity index (χ2v) is 9.48. The third-order valence-corrected chi connectivity index (χ3v) is 4.78. The molecule has 0 atom stereocenters. The molecule has 28 heavy (non-hydrogen) atoms. The van der Waals surface area contributed by atoms with Gasteiger partial charge in [0.2, 0.25) is 5.91 Å². The van der Waals surface area contributed by atoms with E-state index in [2.05, 4.69) is 20.9 Å². The van der Waals surface area contributed by atoms with E-state index in [9.17, 15) is 9.59 Å². The summed E-state index contributed by atoms with van der Waals surface area (Å²) in [4.78, 5) is 30.6. The highest BCUT2D eigenvalue weighted by Crippen LogP contribution is 2.38. The number of aliphatic imine (C=N–C) groups is 1. The summed E-state index contributed by atoms with van der Waals surface area (Å²) < 4.78 is 5.32. The summed E-state index contributed by atoms with van der Waals surface area (Å²) in [7, 11) is 5.30. The van der Waals surface area contributed by atoms with Crippen molar-refractivity contribution in [1.29, 1.82) is 0 Å². The molecular weight excluding hydrogens is 358 g/mol. The Labute approximate surface area is 169 Å². The van der Waals surface area contributed by atoms with Gasteiger partial charge >= 0.3 is 6.09 Å². The topological polar surface area (TPSA) is 95.1 Å². The van der Waals surface area contributed by atoms with Gasteiger partial charge in [0.15, 0.2) is 5.96 Å². The highest BCUT2D eigenvalue weighted by Gasteiger charge is 2.42. The molecule has 0 saturated heterocycles. The van der Waals surface area contributed by atoms with Gasteiger partial charge in [0.1, 0.15) is 5.60 Å². The predicted octanol–water partition coefficient (Wildman–Crippen LogP) is 2.10. The number of guanidine groups is 1. The molecule has 0 aromatic carbocycles. The lowest BCUT2D eigenvalue weighted by atomic mass is 9.84. The van der Waals surface area contributed by atoms with E-state index >= 15 is 0 Å². The molecule has 0 aliphatic heterocycles. The number of rotatable bonds is 6. The molecule has 0 aromatic rings. The molecule has 8 heteroatoms. The average molecular weight is 398 g/mol. The second kappa shape index (κ2) is 9.47. The Hall–Kier alpha value is -1.99. The van der Waals surface area contributed by atoms with Crippen LogP contribution in [0.4, 0.5) is 4.79 Å². The molecule has 1 saturated carbocycles. The van der Waals surface area contributed by atoms with E-state index in [1.165, 1.54) is 0 Å². The van der Waals surface area contributed by atoms with E-state index in [0.717, 1.165) is 25.7 Å². The summed E-state index contributed by atoms with van der Waals surface area (Å²) in [6, 6.07) is 0. The lowest BCUT2D eigenvalue weighted by molar-refractivity contribution is -0.138. The van der Waals surface area contributed by atoms with E-state index in [1.54, 1.807) is 26.0 Å². The smallest absolute Gasteiger partial charge is 0.408 e. The standard InChI is InChI=1S/C20H39N5O3/c1-18(2,3)28-17(27)24-19(4,5)13-22-16(21-6)23-14-20(11-9-10-12-20)15(26)25(7)8/h9-14H2,1-8H3,(H,24,27)(H2,21,22,23). The zero-order valence-electron chi connectivity index (χ0n) is 18.9. The molecule has 0 unspecified atom stereocenters. The van der Waals surface area contributed by atoms with Crippen LogP contribution in [0.5, 0.6) is 0 Å². The van der Waals surface area contributed by atoms with Crippen LogP contribution in [0.3, 0.4) is 0 Å². The van der Waals surface area contributed by atoms with Crippen molar-refractivity contribution >= 4 is 18.0 Å². The fourth-order valence-corrected chi connectivity index (χ4v) is 3.39. The van der Waals surface area contributed by atoms with Crippen molar-refractivity contribution in [2.45, 2.75) is 71.4 Å². The van der Waals surface area contributed by atoms with Crippen molar-refractivity contribution in [3.63, 3.8) is 0 Å². The van der Waals surface area contributed by atoms with Gasteiger partial charge in [0.05, 0.1) is 11.0 Å². The number of ether oxygens (including phenoxy) is 1. The number of nitrogens with one attached hydrogen (secondary N) is 3. The maximum atomic E-state index is 12.7. The normalized spacial score (nSPS) is 17.1. The Morgan fingerprint density at radius 3 is 2.11 bits per heavy atom. The molecule has 0 heterocycles. The van der Waals surface area contributed by atoms with Gasteiger partial charge in [0.25, 0.3) is 0 Å². The van der Waals surface area contributed by atoms with Gasteiger partial charge in [-0.1, -0.05) is 12.8 Å². The first-order chi connectivity index (χ1) is 12.8. The van der Waals surface area contributed by atoms with Crippen LogP contribution in [0.1, 0.15) is 60.3 Å². The van der Waals surface area contributed by atoms with Gasteiger partial charge in [-0.2, -0.15) is 0 Å². The number of hydrogen-bond acceptors (Lipinski definition) is 4. The highest BCUT2D eigenvalue weighted by molar-refractivity contribution is 5.85. The van der Waals surface area contributed by atoms with E-state index in [0.29, 0.717) is 19.0 Å². The molecule has 0 spiro atoms. The zero-order chi connectivity index (χ0) is 21.6. The van der Waals surface area contributed by atoms with Gasteiger partial charge in [-0.25, -0.2) is 4.79 Å². The first-order valence-corrected chi connectivity index (χ1v) is 9.98. The molecule has 3 N–H and O–H groups in total. The molecule has 2 amide bonds. The van der Waals surface area contributed by atoms with Crippen molar-refractivity contribution < 1.29 is 14.3 Å². The van der Waals surface area contributed by atoms with Crippen LogP contribution in [0.2, 0.25) is 0 Å². The van der Waals surface area contributed by atoms with Crippen molar-refractivity contribution in [3.05, 3.63) is 0 Å². The lowest BCUT2D eigenvalue weighted by Gasteiger charge is -2.32. The Kier molecular flexibility index (Phi) is 8.14. The van der Waals surface area contributed by atoms with Gasteiger partial charge in [-0.05, 0) is 47.5 Å². The van der Waals surface area contributed by atoms with Crippen molar-refractivity contribution in [3.8, 4) is 0 Å². The monoisotopic (exact) mass is 397 g/mol. The predicted molar refractivity (Wildman–Crippen MR) is 112 cm³/mol. The molecular formula is C20H39N5O3. The van der Waals surface area contributed by atoms with Crippen LogP contribution in [0.25, 0.3) is 0 Å². The summed E-state index contributed by atoms with van der Waals surface area (Å²) in [6.45, 7) is 10.3. The second-order valence-electron chi connectivity index (χ2n) is 9.48. The zero-order valence-corrected chi connectivity index (χ0v) is 18.9. The number of carbonyl (C=O) groups excluding carboxylic acids is 2. The number of hydrogen-bond donors (Lipinski definition) is 3. The van der Waals surface area contributed by atoms with E-state index < -0.39 is 17.2 Å². The Bertz CT molecular complexity index is 573. The van der Waals surface area contributed by atoms with E-state index in [-0.39, 0.29) is 11.3 Å². The molecule has 0 radical (unpaired) electrons. The van der Waals surface area contributed by atoms with Gasteiger partial charge < -0.3 is 25.6 Å². The fraction of sp³-hybridized carbons (Fsp3) is 0.850. The van der Waals surface area contributed by atoms with Crippen molar-refractivity contribution in [2.75, 3.05) is 34.2 Å². The van der Waals surface area contributed by atoms with Crippen LogP contribution >= 0.6 is 0 Å². The Morgan fingerprint density at radius 2 is 1.64 bits per heavy atom.